The Hall–Kier alpha value is -1.34. The lowest BCUT2D eigenvalue weighted by Crippen LogP contribution is -1.72. The maximum Gasteiger partial charge on any atom is 0.0423 e. The molecule has 0 spiro atoms. The molecule has 0 aliphatic rings. The summed E-state index contributed by atoms with van der Waals surface area (Å²) in [5, 5.41) is 6.34. The monoisotopic (exact) mass is 198 g/mol. The van der Waals surface area contributed by atoms with E-state index in [1.54, 1.807) is 0 Å². The van der Waals surface area contributed by atoms with Crippen LogP contribution in [0.5, 0.6) is 0 Å². The maximum atomic E-state index is 2.23. The number of aryl methyl sites for hydroxylation is 1. The predicted octanol–water partition coefficient (Wildman–Crippen LogP) is 4.36. The van der Waals surface area contributed by atoms with Crippen LogP contribution in [0.3, 0.4) is 0 Å². The number of hydrogen-bond acceptors (Lipinski definition) is 1. The first-order chi connectivity index (χ1) is 6.86. The van der Waals surface area contributed by atoms with Crippen LogP contribution in [0.1, 0.15) is 5.56 Å². The van der Waals surface area contributed by atoms with E-state index in [1.807, 2.05) is 11.3 Å². The number of rotatable bonds is 0. The maximum absolute atomic E-state index is 2.23. The van der Waals surface area contributed by atoms with Crippen molar-refractivity contribution in [1.29, 1.82) is 0 Å². The minimum absolute atomic E-state index is 1.34. The van der Waals surface area contributed by atoms with Crippen molar-refractivity contribution in [2.75, 3.05) is 0 Å². The Morgan fingerprint density at radius 1 is 0.929 bits per heavy atom. The van der Waals surface area contributed by atoms with Crippen molar-refractivity contribution in [3.8, 4) is 0 Å². The van der Waals surface area contributed by atoms with Gasteiger partial charge in [-0.25, -0.2) is 0 Å². The molecule has 14 heavy (non-hydrogen) atoms. The van der Waals surface area contributed by atoms with Gasteiger partial charge in [-0.15, -0.1) is 11.3 Å². The molecule has 0 N–H and O–H groups in total. The van der Waals surface area contributed by atoms with Crippen LogP contribution >= 0.6 is 11.3 Å². The average molecular weight is 198 g/mol. The van der Waals surface area contributed by atoms with Gasteiger partial charge < -0.3 is 0 Å². The van der Waals surface area contributed by atoms with Crippen molar-refractivity contribution in [2.45, 2.75) is 6.92 Å². The van der Waals surface area contributed by atoms with E-state index in [2.05, 4.69) is 48.7 Å². The minimum atomic E-state index is 1.34. The van der Waals surface area contributed by atoms with Gasteiger partial charge in [0.15, 0.2) is 0 Å². The lowest BCUT2D eigenvalue weighted by atomic mass is 10.1. The average Bonchev–Trinajstić information content (AvgIpc) is 2.61. The third kappa shape index (κ3) is 0.992. The van der Waals surface area contributed by atoms with Gasteiger partial charge in [0.05, 0.1) is 0 Å². The summed E-state index contributed by atoms with van der Waals surface area (Å²) >= 11 is 1.84. The molecule has 0 radical (unpaired) electrons. The molecular formula is C13H10S. The van der Waals surface area contributed by atoms with Crippen molar-refractivity contribution in [1.82, 2.24) is 0 Å². The summed E-state index contributed by atoms with van der Waals surface area (Å²) in [5.41, 5.74) is 1.38. The highest BCUT2D eigenvalue weighted by Gasteiger charge is 2.03. The molecule has 2 aromatic carbocycles. The Kier molecular flexibility index (Phi) is 1.62. The van der Waals surface area contributed by atoms with E-state index in [0.717, 1.165) is 0 Å². The van der Waals surface area contributed by atoms with Crippen molar-refractivity contribution in [3.05, 3.63) is 47.3 Å². The zero-order valence-electron chi connectivity index (χ0n) is 7.95. The molecule has 1 aromatic heterocycles. The molecule has 0 amide bonds. The van der Waals surface area contributed by atoms with Crippen molar-refractivity contribution in [3.63, 3.8) is 0 Å². The lowest BCUT2D eigenvalue weighted by Gasteiger charge is -1.98. The van der Waals surface area contributed by atoms with Gasteiger partial charge in [0.1, 0.15) is 0 Å². The number of thiophene rings is 1. The molecule has 0 aliphatic carbocycles. The summed E-state index contributed by atoms with van der Waals surface area (Å²) in [6.45, 7) is 2.17. The molecular weight excluding hydrogens is 188 g/mol. The Bertz CT molecular complexity index is 605. The molecule has 68 valence electrons. The molecule has 0 nitrogen and oxygen atoms in total. The summed E-state index contributed by atoms with van der Waals surface area (Å²) in [6, 6.07) is 13.0. The quantitative estimate of drug-likeness (QED) is 0.503. The van der Waals surface area contributed by atoms with Crippen LogP contribution in [0.25, 0.3) is 20.9 Å². The second kappa shape index (κ2) is 2.82. The zero-order chi connectivity index (χ0) is 9.54. The van der Waals surface area contributed by atoms with Gasteiger partial charge in [-0.3, -0.25) is 0 Å². The van der Waals surface area contributed by atoms with E-state index in [1.165, 1.54) is 26.4 Å². The van der Waals surface area contributed by atoms with Crippen molar-refractivity contribution >= 4 is 32.2 Å². The van der Waals surface area contributed by atoms with E-state index in [-0.39, 0.29) is 0 Å². The first-order valence-electron chi connectivity index (χ1n) is 4.72. The van der Waals surface area contributed by atoms with Crippen LogP contribution in [-0.4, -0.2) is 0 Å². The number of hydrogen-bond donors (Lipinski definition) is 0. The first-order valence-corrected chi connectivity index (χ1v) is 5.60. The van der Waals surface area contributed by atoms with Crippen LogP contribution in [0.2, 0.25) is 0 Å². The molecule has 0 fully saturated rings. The van der Waals surface area contributed by atoms with Gasteiger partial charge in [0, 0.05) is 4.70 Å². The van der Waals surface area contributed by atoms with Gasteiger partial charge in [-0.05, 0) is 34.0 Å². The van der Waals surface area contributed by atoms with Gasteiger partial charge in [0.2, 0.25) is 0 Å². The molecule has 1 heterocycles. The number of fused-ring (bicyclic) bond motifs is 3. The summed E-state index contributed by atoms with van der Waals surface area (Å²) in [6.07, 6.45) is 0. The SMILES string of the molecule is Cc1csc2c1ccc1ccccc12. The van der Waals surface area contributed by atoms with Gasteiger partial charge >= 0.3 is 0 Å². The molecule has 3 aromatic rings. The first kappa shape index (κ1) is 8.01. The normalized spacial score (nSPS) is 11.2. The summed E-state index contributed by atoms with van der Waals surface area (Å²) in [5.74, 6) is 0. The molecule has 1 heteroatoms. The standard InChI is InChI=1S/C13H10S/c1-9-8-14-13-11(9)7-6-10-4-2-3-5-12(10)13/h2-8H,1H3. The Labute approximate surface area is 86.8 Å². The smallest absolute Gasteiger partial charge is 0.0423 e. The second-order valence-electron chi connectivity index (χ2n) is 3.58. The zero-order valence-corrected chi connectivity index (χ0v) is 8.77. The van der Waals surface area contributed by atoms with Gasteiger partial charge in [-0.1, -0.05) is 36.4 Å². The second-order valence-corrected chi connectivity index (χ2v) is 4.46. The molecule has 0 atom stereocenters. The third-order valence-corrected chi connectivity index (χ3v) is 3.80. The Balaban J connectivity index is 2.61. The highest BCUT2D eigenvalue weighted by Crippen LogP contribution is 2.32. The Morgan fingerprint density at radius 3 is 2.71 bits per heavy atom. The summed E-state index contributed by atoms with van der Waals surface area (Å²) in [7, 11) is 0. The number of benzene rings is 2. The minimum Gasteiger partial charge on any atom is -0.143 e. The van der Waals surface area contributed by atoms with E-state index in [9.17, 15) is 0 Å². The fourth-order valence-electron chi connectivity index (χ4n) is 1.89. The lowest BCUT2D eigenvalue weighted by molar-refractivity contribution is 1.60. The molecule has 0 unspecified atom stereocenters. The Morgan fingerprint density at radius 2 is 1.79 bits per heavy atom. The van der Waals surface area contributed by atoms with Crippen LogP contribution in [0.4, 0.5) is 0 Å². The highest BCUT2D eigenvalue weighted by molar-refractivity contribution is 7.18. The van der Waals surface area contributed by atoms with Gasteiger partial charge in [-0.2, -0.15) is 0 Å². The fourth-order valence-corrected chi connectivity index (χ4v) is 2.98. The topological polar surface area (TPSA) is 0 Å². The molecule has 0 aliphatic heterocycles. The van der Waals surface area contributed by atoms with Crippen LogP contribution in [0, 0.1) is 6.92 Å². The van der Waals surface area contributed by atoms with Crippen LogP contribution in [-0.2, 0) is 0 Å². The summed E-state index contributed by atoms with van der Waals surface area (Å²) < 4.78 is 1.42. The molecule has 3 rings (SSSR count). The van der Waals surface area contributed by atoms with Crippen LogP contribution in [0.15, 0.2) is 41.8 Å². The van der Waals surface area contributed by atoms with E-state index in [4.69, 9.17) is 0 Å². The van der Waals surface area contributed by atoms with Crippen LogP contribution < -0.4 is 0 Å². The largest absolute Gasteiger partial charge is 0.143 e. The van der Waals surface area contributed by atoms with Crippen molar-refractivity contribution in [2.24, 2.45) is 0 Å². The fraction of sp³-hybridized carbons (Fsp3) is 0.0769. The summed E-state index contributed by atoms with van der Waals surface area (Å²) in [4.78, 5) is 0. The van der Waals surface area contributed by atoms with E-state index in [0.29, 0.717) is 0 Å². The van der Waals surface area contributed by atoms with E-state index < -0.39 is 0 Å². The third-order valence-electron chi connectivity index (χ3n) is 2.66. The highest BCUT2D eigenvalue weighted by atomic mass is 32.1. The predicted molar refractivity (Wildman–Crippen MR) is 64.1 cm³/mol. The molecule has 0 saturated carbocycles. The molecule has 0 bridgehead atoms. The van der Waals surface area contributed by atoms with E-state index >= 15 is 0 Å². The molecule has 0 saturated heterocycles. The van der Waals surface area contributed by atoms with Gasteiger partial charge in [0.25, 0.3) is 0 Å². The van der Waals surface area contributed by atoms with Crippen molar-refractivity contribution < 1.29 is 0 Å².